The summed E-state index contributed by atoms with van der Waals surface area (Å²) >= 11 is 0. The van der Waals surface area contributed by atoms with E-state index < -0.39 is 0 Å². The van der Waals surface area contributed by atoms with Gasteiger partial charge in [-0.25, -0.2) is 0 Å². The SMILES string of the molecule is CCCCCCCCO[C@@H]1CCC(C)(C)[C@H](OC)[C@H]1COCc1ccccc1. The van der Waals surface area contributed by atoms with Crippen molar-refractivity contribution in [3.8, 4) is 0 Å². The van der Waals surface area contributed by atoms with Crippen LogP contribution in [-0.2, 0) is 20.8 Å². The summed E-state index contributed by atoms with van der Waals surface area (Å²) in [6.45, 7) is 9.10. The molecule has 3 nitrogen and oxygen atoms in total. The van der Waals surface area contributed by atoms with Crippen molar-refractivity contribution in [2.24, 2.45) is 11.3 Å². The fourth-order valence-electron chi connectivity index (χ4n) is 4.54. The summed E-state index contributed by atoms with van der Waals surface area (Å²) in [5.41, 5.74) is 1.38. The second-order valence-corrected chi connectivity index (χ2v) is 9.03. The van der Waals surface area contributed by atoms with Crippen LogP contribution in [0.15, 0.2) is 30.3 Å². The third kappa shape index (κ3) is 7.50. The Morgan fingerprint density at radius 3 is 2.43 bits per heavy atom. The second kappa shape index (κ2) is 12.6. The van der Waals surface area contributed by atoms with Gasteiger partial charge in [-0.15, -0.1) is 0 Å². The second-order valence-electron chi connectivity index (χ2n) is 9.03. The predicted molar refractivity (Wildman–Crippen MR) is 117 cm³/mol. The first-order valence-corrected chi connectivity index (χ1v) is 11.3. The summed E-state index contributed by atoms with van der Waals surface area (Å²) in [6.07, 6.45) is 10.4. The van der Waals surface area contributed by atoms with Crippen molar-refractivity contribution in [2.45, 2.75) is 91.0 Å². The third-order valence-corrected chi connectivity index (χ3v) is 6.22. The molecule has 0 saturated heterocycles. The molecule has 0 aliphatic heterocycles. The Kier molecular flexibility index (Phi) is 10.5. The molecule has 160 valence electrons. The van der Waals surface area contributed by atoms with E-state index in [0.29, 0.717) is 13.2 Å². The van der Waals surface area contributed by atoms with Crippen molar-refractivity contribution in [3.05, 3.63) is 35.9 Å². The van der Waals surface area contributed by atoms with E-state index in [4.69, 9.17) is 14.2 Å². The van der Waals surface area contributed by atoms with Gasteiger partial charge in [-0.05, 0) is 30.2 Å². The number of methoxy groups -OCH3 is 1. The summed E-state index contributed by atoms with van der Waals surface area (Å²) < 4.78 is 18.5. The van der Waals surface area contributed by atoms with Crippen molar-refractivity contribution in [2.75, 3.05) is 20.3 Å². The van der Waals surface area contributed by atoms with E-state index >= 15 is 0 Å². The van der Waals surface area contributed by atoms with Crippen LogP contribution < -0.4 is 0 Å². The maximum atomic E-state index is 6.37. The summed E-state index contributed by atoms with van der Waals surface area (Å²) in [4.78, 5) is 0. The Hall–Kier alpha value is -0.900. The quantitative estimate of drug-likeness (QED) is 0.365. The van der Waals surface area contributed by atoms with Crippen molar-refractivity contribution >= 4 is 0 Å². The van der Waals surface area contributed by atoms with Crippen LogP contribution in [0.1, 0.15) is 77.7 Å². The molecule has 1 aliphatic carbocycles. The number of benzene rings is 1. The van der Waals surface area contributed by atoms with Crippen LogP contribution in [0.5, 0.6) is 0 Å². The van der Waals surface area contributed by atoms with Gasteiger partial charge in [-0.1, -0.05) is 83.2 Å². The Morgan fingerprint density at radius 2 is 1.71 bits per heavy atom. The average Bonchev–Trinajstić information content (AvgIpc) is 2.69. The summed E-state index contributed by atoms with van der Waals surface area (Å²) in [5.74, 6) is 0.289. The number of hydrogen-bond acceptors (Lipinski definition) is 3. The van der Waals surface area contributed by atoms with Crippen molar-refractivity contribution in [1.29, 1.82) is 0 Å². The molecule has 1 aliphatic rings. The molecular formula is C25H42O3. The minimum atomic E-state index is 0.162. The van der Waals surface area contributed by atoms with Crippen LogP contribution in [0.3, 0.4) is 0 Å². The number of ether oxygens (including phenoxy) is 3. The lowest BCUT2D eigenvalue weighted by molar-refractivity contribution is -0.151. The largest absolute Gasteiger partial charge is 0.380 e. The minimum Gasteiger partial charge on any atom is -0.380 e. The van der Waals surface area contributed by atoms with Gasteiger partial charge in [0.05, 0.1) is 25.4 Å². The lowest BCUT2D eigenvalue weighted by atomic mass is 9.68. The van der Waals surface area contributed by atoms with E-state index in [1.165, 1.54) is 44.1 Å². The van der Waals surface area contributed by atoms with Gasteiger partial charge in [-0.2, -0.15) is 0 Å². The molecule has 1 aromatic rings. The summed E-state index contributed by atoms with van der Waals surface area (Å²) in [5, 5.41) is 0. The molecule has 0 N–H and O–H groups in total. The lowest BCUT2D eigenvalue weighted by Gasteiger charge is -2.46. The van der Waals surface area contributed by atoms with Crippen LogP contribution in [0.25, 0.3) is 0 Å². The Balaban J connectivity index is 1.84. The summed E-state index contributed by atoms with van der Waals surface area (Å²) in [7, 11) is 1.84. The molecule has 0 unspecified atom stereocenters. The lowest BCUT2D eigenvalue weighted by Crippen LogP contribution is -2.50. The van der Waals surface area contributed by atoms with E-state index in [2.05, 4.69) is 45.0 Å². The predicted octanol–water partition coefficient (Wildman–Crippen LogP) is 6.40. The fraction of sp³-hybridized carbons (Fsp3) is 0.760. The molecule has 0 amide bonds. The zero-order chi connectivity index (χ0) is 20.2. The van der Waals surface area contributed by atoms with E-state index in [9.17, 15) is 0 Å². The molecule has 0 heterocycles. The maximum absolute atomic E-state index is 6.37. The van der Waals surface area contributed by atoms with Crippen molar-refractivity contribution in [3.63, 3.8) is 0 Å². The molecular weight excluding hydrogens is 348 g/mol. The van der Waals surface area contributed by atoms with E-state index in [-0.39, 0.29) is 23.5 Å². The number of rotatable bonds is 13. The molecule has 1 fully saturated rings. The standard InChI is InChI=1S/C25H42O3/c1-5-6-7-8-9-13-18-28-23-16-17-25(2,3)24(26-4)22(23)20-27-19-21-14-11-10-12-15-21/h10-12,14-15,22-24H,5-9,13,16-20H2,1-4H3/t22-,23+,24+/m0/s1. The van der Waals surface area contributed by atoms with Gasteiger partial charge < -0.3 is 14.2 Å². The van der Waals surface area contributed by atoms with Crippen LogP contribution in [0, 0.1) is 11.3 Å². The topological polar surface area (TPSA) is 27.7 Å². The highest BCUT2D eigenvalue weighted by Crippen LogP contribution is 2.42. The van der Waals surface area contributed by atoms with Gasteiger partial charge in [0.15, 0.2) is 0 Å². The van der Waals surface area contributed by atoms with Crippen LogP contribution in [-0.4, -0.2) is 32.5 Å². The monoisotopic (exact) mass is 390 g/mol. The maximum Gasteiger partial charge on any atom is 0.0717 e. The van der Waals surface area contributed by atoms with Crippen molar-refractivity contribution < 1.29 is 14.2 Å². The van der Waals surface area contributed by atoms with Gasteiger partial charge in [0.25, 0.3) is 0 Å². The number of hydrogen-bond donors (Lipinski definition) is 0. The van der Waals surface area contributed by atoms with Gasteiger partial charge in [0.1, 0.15) is 0 Å². The van der Waals surface area contributed by atoms with E-state index in [1.807, 2.05) is 13.2 Å². The molecule has 2 rings (SSSR count). The highest BCUT2D eigenvalue weighted by atomic mass is 16.5. The molecule has 3 heteroatoms. The molecule has 0 spiro atoms. The van der Waals surface area contributed by atoms with Gasteiger partial charge in [-0.3, -0.25) is 0 Å². The first kappa shape index (κ1) is 23.4. The molecule has 1 saturated carbocycles. The molecule has 28 heavy (non-hydrogen) atoms. The summed E-state index contributed by atoms with van der Waals surface area (Å²) in [6, 6.07) is 10.4. The first-order chi connectivity index (χ1) is 13.6. The fourth-order valence-corrected chi connectivity index (χ4v) is 4.54. The number of unbranched alkanes of at least 4 members (excludes halogenated alkanes) is 5. The Morgan fingerprint density at radius 1 is 1.00 bits per heavy atom. The first-order valence-electron chi connectivity index (χ1n) is 11.3. The van der Waals surface area contributed by atoms with E-state index in [0.717, 1.165) is 19.4 Å². The zero-order valence-electron chi connectivity index (χ0n) is 18.6. The van der Waals surface area contributed by atoms with Crippen molar-refractivity contribution in [1.82, 2.24) is 0 Å². The molecule has 3 atom stereocenters. The van der Waals surface area contributed by atoms with E-state index in [1.54, 1.807) is 0 Å². The van der Waals surface area contributed by atoms with Crippen LogP contribution in [0.4, 0.5) is 0 Å². The van der Waals surface area contributed by atoms with Gasteiger partial charge >= 0.3 is 0 Å². The minimum absolute atomic E-state index is 0.162. The molecule has 1 aromatic carbocycles. The van der Waals surface area contributed by atoms with Gasteiger partial charge in [0.2, 0.25) is 0 Å². The Bertz CT molecular complexity index is 514. The van der Waals surface area contributed by atoms with Crippen LogP contribution >= 0.6 is 0 Å². The Labute approximate surface area is 173 Å². The van der Waals surface area contributed by atoms with Crippen LogP contribution in [0.2, 0.25) is 0 Å². The highest BCUT2D eigenvalue weighted by molar-refractivity contribution is 5.13. The highest BCUT2D eigenvalue weighted by Gasteiger charge is 2.44. The zero-order valence-corrected chi connectivity index (χ0v) is 18.6. The van der Waals surface area contributed by atoms with Gasteiger partial charge in [0, 0.05) is 19.6 Å². The smallest absolute Gasteiger partial charge is 0.0717 e. The third-order valence-electron chi connectivity index (χ3n) is 6.22. The normalized spacial score (nSPS) is 24.4. The molecule has 0 aromatic heterocycles. The molecule has 0 bridgehead atoms. The average molecular weight is 391 g/mol. The molecule has 0 radical (unpaired) electrons.